The van der Waals surface area contributed by atoms with Gasteiger partial charge in [0.25, 0.3) is 0 Å². The maximum atomic E-state index is 12.2. The minimum absolute atomic E-state index is 0.276. The van der Waals surface area contributed by atoms with Crippen molar-refractivity contribution in [2.45, 2.75) is 32.1 Å². The normalized spacial score (nSPS) is 13.6. The Morgan fingerprint density at radius 1 is 1.35 bits per heavy atom. The van der Waals surface area contributed by atoms with Gasteiger partial charge in [0.05, 0.1) is 12.7 Å². The number of anilines is 1. The molecule has 23 heavy (non-hydrogen) atoms. The third-order valence-corrected chi connectivity index (χ3v) is 5.31. The Labute approximate surface area is 147 Å². The smallest absolute Gasteiger partial charge is 0.341 e. The molecule has 2 rings (SSSR count). The zero-order chi connectivity index (χ0) is 16.8. The molecule has 0 atom stereocenters. The first-order valence-corrected chi connectivity index (χ1v) is 9.17. The number of nitrogens with zero attached hydrogens (tertiary/aromatic N) is 1. The summed E-state index contributed by atoms with van der Waals surface area (Å²) in [5, 5.41) is 7.77. The number of nitrogens with one attached hydrogen (secondary N) is 2. The number of rotatable bonds is 6. The van der Waals surface area contributed by atoms with E-state index >= 15 is 0 Å². The molecule has 128 valence electrons. The predicted molar refractivity (Wildman–Crippen MR) is 99.7 cm³/mol. The van der Waals surface area contributed by atoms with Crippen molar-refractivity contribution in [3.8, 4) is 0 Å². The molecule has 1 aromatic heterocycles. The second-order valence-electron chi connectivity index (χ2n) is 5.94. The molecule has 1 aliphatic rings. The monoisotopic (exact) mass is 355 g/mol. The maximum absolute atomic E-state index is 12.2. The van der Waals surface area contributed by atoms with E-state index in [4.69, 9.17) is 17.0 Å². The van der Waals surface area contributed by atoms with Crippen molar-refractivity contribution in [1.29, 1.82) is 0 Å². The van der Waals surface area contributed by atoms with Gasteiger partial charge in [0.15, 0.2) is 5.11 Å². The summed E-state index contributed by atoms with van der Waals surface area (Å²) in [6.07, 6.45) is 5.30. The Balaban J connectivity index is 2.02. The summed E-state index contributed by atoms with van der Waals surface area (Å²) in [5.74, 6) is -0.276. The van der Waals surface area contributed by atoms with Crippen LogP contribution < -0.4 is 10.6 Å². The van der Waals surface area contributed by atoms with Gasteiger partial charge in [-0.2, -0.15) is 0 Å². The number of fused-ring (bicyclic) bond motifs is 1. The lowest BCUT2D eigenvalue weighted by atomic mass is 9.95. The molecule has 0 saturated carbocycles. The van der Waals surface area contributed by atoms with E-state index in [2.05, 4.69) is 29.6 Å². The molecule has 0 fully saturated rings. The maximum Gasteiger partial charge on any atom is 0.341 e. The average Bonchev–Trinajstić information content (AvgIpc) is 2.88. The van der Waals surface area contributed by atoms with Crippen molar-refractivity contribution in [2.75, 3.05) is 39.6 Å². The fraction of sp³-hybridized carbons (Fsp3) is 0.625. The molecule has 1 heterocycles. The largest absolute Gasteiger partial charge is 0.465 e. The number of ether oxygens (including phenoxy) is 1. The number of aryl methyl sites for hydroxylation is 1. The first kappa shape index (κ1) is 18.2. The van der Waals surface area contributed by atoms with Gasteiger partial charge in [0.2, 0.25) is 0 Å². The zero-order valence-corrected chi connectivity index (χ0v) is 15.7. The van der Waals surface area contributed by atoms with Gasteiger partial charge in [-0.1, -0.05) is 0 Å². The number of esters is 1. The van der Waals surface area contributed by atoms with Crippen LogP contribution in [0.25, 0.3) is 0 Å². The Hall–Kier alpha value is -1.18. The van der Waals surface area contributed by atoms with Crippen LogP contribution in [0.5, 0.6) is 0 Å². The van der Waals surface area contributed by atoms with Crippen molar-refractivity contribution in [2.24, 2.45) is 0 Å². The molecule has 0 saturated heterocycles. The van der Waals surface area contributed by atoms with Gasteiger partial charge in [-0.05, 0) is 70.5 Å². The van der Waals surface area contributed by atoms with Crippen LogP contribution in [0.4, 0.5) is 5.00 Å². The molecular formula is C16H25N3O2S2. The van der Waals surface area contributed by atoms with Crippen LogP contribution in [-0.2, 0) is 17.6 Å². The van der Waals surface area contributed by atoms with Crippen molar-refractivity contribution in [1.82, 2.24) is 10.2 Å². The number of thiocarbonyl (C=S) groups is 1. The predicted octanol–water partition coefficient (Wildman–Crippen LogP) is 2.65. The molecule has 1 aromatic rings. The molecule has 1 aliphatic carbocycles. The highest BCUT2D eigenvalue weighted by molar-refractivity contribution is 7.80. The van der Waals surface area contributed by atoms with Gasteiger partial charge >= 0.3 is 5.97 Å². The minimum atomic E-state index is -0.276. The number of thiophene rings is 1. The molecular weight excluding hydrogens is 330 g/mol. The van der Waals surface area contributed by atoms with Crippen LogP contribution in [0, 0.1) is 0 Å². The summed E-state index contributed by atoms with van der Waals surface area (Å²) in [5.41, 5.74) is 1.82. The molecule has 0 bridgehead atoms. The molecule has 0 radical (unpaired) electrons. The van der Waals surface area contributed by atoms with E-state index in [1.54, 1.807) is 11.3 Å². The van der Waals surface area contributed by atoms with Crippen LogP contribution >= 0.6 is 23.6 Å². The highest BCUT2D eigenvalue weighted by Crippen LogP contribution is 2.38. The Bertz CT molecular complexity index is 570. The molecule has 7 heteroatoms. The van der Waals surface area contributed by atoms with E-state index in [9.17, 15) is 4.79 Å². The summed E-state index contributed by atoms with van der Waals surface area (Å²) >= 11 is 6.99. The number of hydrogen-bond donors (Lipinski definition) is 2. The van der Waals surface area contributed by atoms with E-state index in [-0.39, 0.29) is 5.97 Å². The highest BCUT2D eigenvalue weighted by atomic mass is 32.1. The molecule has 0 spiro atoms. The fourth-order valence-electron chi connectivity index (χ4n) is 2.72. The Kier molecular flexibility index (Phi) is 6.80. The summed E-state index contributed by atoms with van der Waals surface area (Å²) in [6.45, 7) is 1.82. The molecule has 5 nitrogen and oxygen atoms in total. The van der Waals surface area contributed by atoms with E-state index in [1.165, 1.54) is 18.4 Å². The second kappa shape index (κ2) is 8.61. The first-order valence-electron chi connectivity index (χ1n) is 7.95. The number of hydrogen-bond acceptors (Lipinski definition) is 5. The van der Waals surface area contributed by atoms with Crippen LogP contribution in [0.1, 0.15) is 40.1 Å². The van der Waals surface area contributed by atoms with Gasteiger partial charge in [0, 0.05) is 11.4 Å². The summed E-state index contributed by atoms with van der Waals surface area (Å²) in [6, 6.07) is 0. The fourth-order valence-corrected chi connectivity index (χ4v) is 4.27. The first-order chi connectivity index (χ1) is 11.0. The van der Waals surface area contributed by atoms with E-state index < -0.39 is 0 Å². The van der Waals surface area contributed by atoms with Crippen LogP contribution in [0.2, 0.25) is 0 Å². The lowest BCUT2D eigenvalue weighted by molar-refractivity contribution is 0.0601. The highest BCUT2D eigenvalue weighted by Gasteiger charge is 2.26. The van der Waals surface area contributed by atoms with E-state index in [0.29, 0.717) is 10.7 Å². The van der Waals surface area contributed by atoms with Crippen molar-refractivity contribution in [3.63, 3.8) is 0 Å². The number of carbonyl (C=O) groups excluding carboxylic acids is 1. The SMILES string of the molecule is COC(=O)c1c(NC(=S)NCCCN(C)C)sc2c1CCCC2. The van der Waals surface area contributed by atoms with E-state index in [1.807, 2.05) is 0 Å². The molecule has 2 N–H and O–H groups in total. The van der Waals surface area contributed by atoms with Crippen molar-refractivity contribution < 1.29 is 9.53 Å². The summed E-state index contributed by atoms with van der Waals surface area (Å²) in [4.78, 5) is 15.6. The summed E-state index contributed by atoms with van der Waals surface area (Å²) in [7, 11) is 5.53. The van der Waals surface area contributed by atoms with Gasteiger partial charge in [0.1, 0.15) is 5.00 Å². The van der Waals surface area contributed by atoms with Gasteiger partial charge in [-0.3, -0.25) is 0 Å². The van der Waals surface area contributed by atoms with Crippen LogP contribution in [0.3, 0.4) is 0 Å². The Morgan fingerprint density at radius 2 is 2.09 bits per heavy atom. The van der Waals surface area contributed by atoms with Gasteiger partial charge in [-0.25, -0.2) is 4.79 Å². The minimum Gasteiger partial charge on any atom is -0.465 e. The summed E-state index contributed by atoms with van der Waals surface area (Å²) < 4.78 is 4.97. The molecule has 0 aliphatic heterocycles. The lowest BCUT2D eigenvalue weighted by Gasteiger charge is -2.13. The quantitative estimate of drug-likeness (QED) is 0.465. The molecule has 0 unspecified atom stereocenters. The topological polar surface area (TPSA) is 53.6 Å². The number of carbonyl (C=O) groups is 1. The second-order valence-corrected chi connectivity index (χ2v) is 7.46. The van der Waals surface area contributed by atoms with Crippen molar-refractivity contribution in [3.05, 3.63) is 16.0 Å². The van der Waals surface area contributed by atoms with Gasteiger partial charge < -0.3 is 20.3 Å². The molecule has 0 amide bonds. The zero-order valence-electron chi connectivity index (χ0n) is 14.0. The standard InChI is InChI=1S/C16H25N3O2S2/c1-19(2)10-6-9-17-16(22)18-14-13(15(20)21-3)11-7-4-5-8-12(11)23-14/h4-10H2,1-3H3,(H2,17,18,22). The number of methoxy groups -OCH3 is 1. The van der Waals surface area contributed by atoms with E-state index in [0.717, 1.165) is 49.3 Å². The average molecular weight is 356 g/mol. The third-order valence-electron chi connectivity index (χ3n) is 3.86. The third kappa shape index (κ3) is 4.89. The van der Waals surface area contributed by atoms with Crippen LogP contribution in [-0.4, -0.2) is 50.3 Å². The van der Waals surface area contributed by atoms with Crippen LogP contribution in [0.15, 0.2) is 0 Å². The Morgan fingerprint density at radius 3 is 2.78 bits per heavy atom. The lowest BCUT2D eigenvalue weighted by Crippen LogP contribution is -2.31. The molecule has 0 aromatic carbocycles. The van der Waals surface area contributed by atoms with Gasteiger partial charge in [-0.15, -0.1) is 11.3 Å². The van der Waals surface area contributed by atoms with Crippen molar-refractivity contribution >= 4 is 39.6 Å².